The number of nitrogens with one attached hydrogen (secondary N) is 1. The van der Waals surface area contributed by atoms with Crippen molar-refractivity contribution in [1.82, 2.24) is 0 Å². The monoisotopic (exact) mass is 527 g/mol. The lowest BCUT2D eigenvalue weighted by Crippen LogP contribution is -2.15. The molecule has 2 aromatic carbocycles. The van der Waals surface area contributed by atoms with E-state index in [1.165, 1.54) is 18.2 Å². The third kappa shape index (κ3) is 12.4. The van der Waals surface area contributed by atoms with Crippen LogP contribution in [0.4, 0.5) is 24.5 Å². The van der Waals surface area contributed by atoms with Gasteiger partial charge in [0.15, 0.2) is 0 Å². The SMILES string of the molecule is CCC(C)COCCOCCOCCOCCOC(=O)c1ccccc1Nc1cccc(C(F)(F)F)c1. The quantitative estimate of drug-likeness (QED) is 0.196. The number of carbonyl (C=O) groups is 1. The standard InChI is InChI=1S/C27H36F3NO6/c1-3-21(2)20-36-16-15-34-12-11-33-13-14-35-17-18-37-26(32)24-9-4-5-10-25(24)31-23-8-6-7-22(19-23)27(28,29)30/h4-10,19,21,31H,3,11-18,20H2,1-2H3. The van der Waals surface area contributed by atoms with Gasteiger partial charge in [-0.05, 0) is 36.2 Å². The molecule has 1 atom stereocenters. The zero-order chi connectivity index (χ0) is 26.9. The summed E-state index contributed by atoms with van der Waals surface area (Å²) in [6.07, 6.45) is -3.37. The van der Waals surface area contributed by atoms with E-state index in [9.17, 15) is 18.0 Å². The molecule has 7 nitrogen and oxygen atoms in total. The van der Waals surface area contributed by atoms with Gasteiger partial charge in [-0.25, -0.2) is 4.79 Å². The molecule has 1 N–H and O–H groups in total. The minimum Gasteiger partial charge on any atom is -0.460 e. The molecule has 0 spiro atoms. The molecular weight excluding hydrogens is 491 g/mol. The van der Waals surface area contributed by atoms with Crippen molar-refractivity contribution in [3.05, 3.63) is 59.7 Å². The number of anilines is 2. The molecule has 0 aliphatic rings. The maximum Gasteiger partial charge on any atom is 0.416 e. The average molecular weight is 528 g/mol. The molecule has 37 heavy (non-hydrogen) atoms. The van der Waals surface area contributed by atoms with Gasteiger partial charge >= 0.3 is 12.1 Å². The van der Waals surface area contributed by atoms with Gasteiger partial charge < -0.3 is 29.0 Å². The molecule has 10 heteroatoms. The normalized spacial score (nSPS) is 12.4. The van der Waals surface area contributed by atoms with Crippen LogP contribution >= 0.6 is 0 Å². The Morgan fingerprint density at radius 3 is 2.05 bits per heavy atom. The average Bonchev–Trinajstić information content (AvgIpc) is 2.88. The van der Waals surface area contributed by atoms with E-state index >= 15 is 0 Å². The molecule has 206 valence electrons. The van der Waals surface area contributed by atoms with Gasteiger partial charge in [0.2, 0.25) is 0 Å². The highest BCUT2D eigenvalue weighted by atomic mass is 19.4. The predicted molar refractivity (Wildman–Crippen MR) is 134 cm³/mol. The molecule has 1 unspecified atom stereocenters. The van der Waals surface area contributed by atoms with Crippen molar-refractivity contribution >= 4 is 17.3 Å². The van der Waals surface area contributed by atoms with Crippen LogP contribution in [0.5, 0.6) is 0 Å². The number of hydrogen-bond donors (Lipinski definition) is 1. The molecule has 0 aromatic heterocycles. The zero-order valence-electron chi connectivity index (χ0n) is 21.4. The van der Waals surface area contributed by atoms with Crippen molar-refractivity contribution in [2.75, 3.05) is 64.8 Å². The summed E-state index contributed by atoms with van der Waals surface area (Å²) in [4.78, 5) is 12.5. The van der Waals surface area contributed by atoms with Crippen molar-refractivity contribution in [3.8, 4) is 0 Å². The summed E-state index contributed by atoms with van der Waals surface area (Å²) in [5.41, 5.74) is -0.0361. The Morgan fingerprint density at radius 1 is 0.838 bits per heavy atom. The minimum absolute atomic E-state index is 0.0243. The highest BCUT2D eigenvalue weighted by Crippen LogP contribution is 2.32. The molecule has 0 heterocycles. The lowest BCUT2D eigenvalue weighted by atomic mass is 10.1. The first-order valence-corrected chi connectivity index (χ1v) is 12.3. The number of ether oxygens (including phenoxy) is 5. The summed E-state index contributed by atoms with van der Waals surface area (Å²) >= 11 is 0. The minimum atomic E-state index is -4.46. The number of rotatable bonds is 18. The summed E-state index contributed by atoms with van der Waals surface area (Å²) in [5, 5.41) is 2.86. The molecule has 0 radical (unpaired) electrons. The molecule has 0 fully saturated rings. The van der Waals surface area contributed by atoms with Gasteiger partial charge in [-0.2, -0.15) is 13.2 Å². The zero-order valence-corrected chi connectivity index (χ0v) is 21.4. The van der Waals surface area contributed by atoms with Crippen LogP contribution in [-0.2, 0) is 29.9 Å². The second-order valence-corrected chi connectivity index (χ2v) is 8.31. The largest absolute Gasteiger partial charge is 0.460 e. The van der Waals surface area contributed by atoms with E-state index in [1.807, 2.05) is 0 Å². The summed E-state index contributed by atoms with van der Waals surface area (Å²) in [6, 6.07) is 11.2. The molecular formula is C27H36F3NO6. The van der Waals surface area contributed by atoms with E-state index in [2.05, 4.69) is 19.2 Å². The van der Waals surface area contributed by atoms with E-state index in [4.69, 9.17) is 23.7 Å². The van der Waals surface area contributed by atoms with E-state index in [0.29, 0.717) is 51.2 Å². The molecule has 0 bridgehead atoms. The molecule has 2 rings (SSSR count). The van der Waals surface area contributed by atoms with Gasteiger partial charge in [0, 0.05) is 12.3 Å². The fraction of sp³-hybridized carbons (Fsp3) is 0.519. The van der Waals surface area contributed by atoms with Gasteiger partial charge in [0.05, 0.1) is 63.1 Å². The number of benzene rings is 2. The van der Waals surface area contributed by atoms with Crippen LogP contribution < -0.4 is 5.32 Å². The highest BCUT2D eigenvalue weighted by Gasteiger charge is 2.30. The fourth-order valence-corrected chi connectivity index (χ4v) is 3.03. The smallest absolute Gasteiger partial charge is 0.416 e. The number of halogens is 3. The first-order chi connectivity index (χ1) is 17.8. The molecule has 0 saturated carbocycles. The van der Waals surface area contributed by atoms with Crippen molar-refractivity contribution in [1.29, 1.82) is 0 Å². The third-order valence-electron chi connectivity index (χ3n) is 5.29. The van der Waals surface area contributed by atoms with Crippen molar-refractivity contribution in [3.63, 3.8) is 0 Å². The van der Waals surface area contributed by atoms with E-state index in [-0.39, 0.29) is 24.5 Å². The Labute approximate surface area is 216 Å². The molecule has 0 amide bonds. The first kappa shape index (κ1) is 30.6. The summed E-state index contributed by atoms with van der Waals surface area (Å²) in [7, 11) is 0. The molecule has 0 aliphatic heterocycles. The Balaban J connectivity index is 1.59. The van der Waals surface area contributed by atoms with E-state index < -0.39 is 17.7 Å². The van der Waals surface area contributed by atoms with Crippen molar-refractivity contribution < 1.29 is 41.7 Å². The molecule has 0 saturated heterocycles. The van der Waals surface area contributed by atoms with Crippen LogP contribution in [0.25, 0.3) is 0 Å². The van der Waals surface area contributed by atoms with Crippen LogP contribution in [0, 0.1) is 5.92 Å². The second-order valence-electron chi connectivity index (χ2n) is 8.31. The summed E-state index contributed by atoms with van der Waals surface area (Å²) < 4.78 is 65.9. The van der Waals surface area contributed by atoms with Crippen molar-refractivity contribution in [2.24, 2.45) is 5.92 Å². The lowest BCUT2D eigenvalue weighted by molar-refractivity contribution is -0.137. The summed E-state index contributed by atoms with van der Waals surface area (Å²) in [6.45, 7) is 7.95. The van der Waals surface area contributed by atoms with Crippen LogP contribution in [0.3, 0.4) is 0 Å². The van der Waals surface area contributed by atoms with Crippen molar-refractivity contribution in [2.45, 2.75) is 26.4 Å². The Morgan fingerprint density at radius 2 is 1.43 bits per heavy atom. The predicted octanol–water partition coefficient (Wildman–Crippen LogP) is 5.72. The molecule has 0 aliphatic carbocycles. The van der Waals surface area contributed by atoms with Crippen LogP contribution in [-0.4, -0.2) is 65.4 Å². The number of hydrogen-bond acceptors (Lipinski definition) is 7. The topological polar surface area (TPSA) is 75.2 Å². The second kappa shape index (κ2) is 17.0. The Kier molecular flexibility index (Phi) is 14.0. The van der Waals surface area contributed by atoms with Gasteiger partial charge in [-0.1, -0.05) is 38.5 Å². The third-order valence-corrected chi connectivity index (χ3v) is 5.29. The number of para-hydroxylation sites is 1. The van der Waals surface area contributed by atoms with Crippen LogP contribution in [0.2, 0.25) is 0 Å². The summed E-state index contributed by atoms with van der Waals surface area (Å²) in [5.74, 6) is -0.0575. The van der Waals surface area contributed by atoms with Gasteiger partial charge in [-0.15, -0.1) is 0 Å². The maximum atomic E-state index is 13.0. The number of alkyl halides is 3. The first-order valence-electron chi connectivity index (χ1n) is 12.3. The van der Waals surface area contributed by atoms with Gasteiger partial charge in [0.1, 0.15) is 6.61 Å². The van der Waals surface area contributed by atoms with Crippen LogP contribution in [0.1, 0.15) is 36.2 Å². The Bertz CT molecular complexity index is 925. The number of carbonyl (C=O) groups excluding carboxylic acids is 1. The van der Waals surface area contributed by atoms with Gasteiger partial charge in [0.25, 0.3) is 0 Å². The lowest BCUT2D eigenvalue weighted by Gasteiger charge is -2.13. The Hall–Kier alpha value is -2.66. The van der Waals surface area contributed by atoms with Crippen LogP contribution in [0.15, 0.2) is 48.5 Å². The highest BCUT2D eigenvalue weighted by molar-refractivity contribution is 5.96. The maximum absolute atomic E-state index is 13.0. The fourth-order valence-electron chi connectivity index (χ4n) is 3.03. The van der Waals surface area contributed by atoms with Gasteiger partial charge in [-0.3, -0.25) is 0 Å². The molecule has 2 aromatic rings. The number of esters is 1. The van der Waals surface area contributed by atoms with E-state index in [0.717, 1.165) is 25.2 Å². The van der Waals surface area contributed by atoms with E-state index in [1.54, 1.807) is 18.2 Å².